The van der Waals surface area contributed by atoms with E-state index in [2.05, 4.69) is 5.32 Å². The van der Waals surface area contributed by atoms with Gasteiger partial charge in [0.15, 0.2) is 5.82 Å². The number of para-hydroxylation sites is 1. The van der Waals surface area contributed by atoms with Gasteiger partial charge in [-0.05, 0) is 25.5 Å². The number of nitrogens with one attached hydrogen (secondary N) is 1. The SMILES string of the molecule is Cc1ccc(C(C)Nc2c(F)cccc2[N+](=O)[O-])cc1. The van der Waals surface area contributed by atoms with Crippen LogP contribution in [0.3, 0.4) is 0 Å². The van der Waals surface area contributed by atoms with E-state index in [4.69, 9.17) is 0 Å². The molecule has 0 aliphatic carbocycles. The Kier molecular flexibility index (Phi) is 3.98. The monoisotopic (exact) mass is 274 g/mol. The van der Waals surface area contributed by atoms with Gasteiger partial charge in [0.25, 0.3) is 5.69 Å². The van der Waals surface area contributed by atoms with Gasteiger partial charge in [0.05, 0.1) is 4.92 Å². The van der Waals surface area contributed by atoms with E-state index in [0.29, 0.717) is 0 Å². The molecule has 2 rings (SSSR count). The highest BCUT2D eigenvalue weighted by atomic mass is 19.1. The molecule has 0 heterocycles. The van der Waals surface area contributed by atoms with Crippen molar-refractivity contribution in [3.05, 3.63) is 69.5 Å². The molecule has 20 heavy (non-hydrogen) atoms. The average Bonchev–Trinajstić information content (AvgIpc) is 2.41. The van der Waals surface area contributed by atoms with E-state index < -0.39 is 10.7 Å². The van der Waals surface area contributed by atoms with Crippen LogP contribution in [-0.2, 0) is 0 Å². The summed E-state index contributed by atoms with van der Waals surface area (Å²) in [5.74, 6) is -0.627. The van der Waals surface area contributed by atoms with Crippen LogP contribution < -0.4 is 5.32 Å². The number of nitro groups is 1. The Labute approximate surface area is 116 Å². The second kappa shape index (κ2) is 5.69. The van der Waals surface area contributed by atoms with Gasteiger partial charge in [-0.2, -0.15) is 0 Å². The van der Waals surface area contributed by atoms with Gasteiger partial charge in [-0.15, -0.1) is 0 Å². The minimum Gasteiger partial charge on any atom is -0.371 e. The lowest BCUT2D eigenvalue weighted by Gasteiger charge is -2.16. The summed E-state index contributed by atoms with van der Waals surface area (Å²) in [6, 6.07) is 11.3. The first-order valence-corrected chi connectivity index (χ1v) is 6.25. The fourth-order valence-corrected chi connectivity index (χ4v) is 1.96. The first kappa shape index (κ1) is 14.0. The van der Waals surface area contributed by atoms with Crippen molar-refractivity contribution in [1.29, 1.82) is 0 Å². The van der Waals surface area contributed by atoms with Crippen molar-refractivity contribution in [3.8, 4) is 0 Å². The first-order valence-electron chi connectivity index (χ1n) is 6.25. The van der Waals surface area contributed by atoms with Crippen LogP contribution in [0.4, 0.5) is 15.8 Å². The van der Waals surface area contributed by atoms with Gasteiger partial charge in [-0.1, -0.05) is 35.9 Å². The fourth-order valence-electron chi connectivity index (χ4n) is 1.96. The summed E-state index contributed by atoms with van der Waals surface area (Å²) < 4.78 is 13.8. The third kappa shape index (κ3) is 2.93. The summed E-state index contributed by atoms with van der Waals surface area (Å²) in [5.41, 5.74) is 1.72. The maximum absolute atomic E-state index is 13.8. The number of hydrogen-bond donors (Lipinski definition) is 1. The van der Waals surface area contributed by atoms with Crippen molar-refractivity contribution < 1.29 is 9.31 Å². The lowest BCUT2D eigenvalue weighted by Crippen LogP contribution is -2.10. The van der Waals surface area contributed by atoms with E-state index in [1.165, 1.54) is 18.2 Å². The number of aryl methyl sites for hydroxylation is 1. The Balaban J connectivity index is 2.30. The lowest BCUT2D eigenvalue weighted by molar-refractivity contribution is -0.384. The predicted molar refractivity (Wildman–Crippen MR) is 76.3 cm³/mol. The zero-order valence-electron chi connectivity index (χ0n) is 11.3. The fraction of sp³-hybridized carbons (Fsp3) is 0.200. The number of rotatable bonds is 4. The van der Waals surface area contributed by atoms with Crippen molar-refractivity contribution >= 4 is 11.4 Å². The van der Waals surface area contributed by atoms with Gasteiger partial charge in [-0.25, -0.2) is 4.39 Å². The van der Waals surface area contributed by atoms with Gasteiger partial charge < -0.3 is 5.32 Å². The molecule has 0 saturated carbocycles. The molecule has 1 unspecified atom stereocenters. The Morgan fingerprint density at radius 1 is 1.20 bits per heavy atom. The molecule has 0 bridgehead atoms. The normalized spacial score (nSPS) is 11.9. The molecule has 0 fully saturated rings. The Hall–Kier alpha value is -2.43. The van der Waals surface area contributed by atoms with Crippen molar-refractivity contribution in [2.24, 2.45) is 0 Å². The maximum atomic E-state index is 13.8. The van der Waals surface area contributed by atoms with Crippen LogP contribution in [0.5, 0.6) is 0 Å². The van der Waals surface area contributed by atoms with Crippen LogP contribution in [-0.4, -0.2) is 4.92 Å². The summed E-state index contributed by atoms with van der Waals surface area (Å²) in [6.07, 6.45) is 0. The Morgan fingerprint density at radius 2 is 1.85 bits per heavy atom. The minimum absolute atomic E-state index is 0.0782. The third-order valence-electron chi connectivity index (χ3n) is 3.13. The molecule has 0 saturated heterocycles. The Morgan fingerprint density at radius 3 is 2.45 bits per heavy atom. The van der Waals surface area contributed by atoms with Crippen LogP contribution in [0.2, 0.25) is 0 Å². The predicted octanol–water partition coefficient (Wildman–Crippen LogP) is 4.22. The minimum atomic E-state index is -0.627. The van der Waals surface area contributed by atoms with Crippen molar-refractivity contribution in [2.75, 3.05) is 5.32 Å². The third-order valence-corrected chi connectivity index (χ3v) is 3.13. The summed E-state index contributed by atoms with van der Waals surface area (Å²) in [6.45, 7) is 3.81. The maximum Gasteiger partial charge on any atom is 0.295 e. The molecule has 0 spiro atoms. The number of benzene rings is 2. The largest absolute Gasteiger partial charge is 0.371 e. The van der Waals surface area contributed by atoms with E-state index in [-0.39, 0.29) is 17.4 Å². The number of anilines is 1. The summed E-state index contributed by atoms with van der Waals surface area (Å²) >= 11 is 0. The molecular formula is C15H15FN2O2. The van der Waals surface area contributed by atoms with Gasteiger partial charge >= 0.3 is 0 Å². The van der Waals surface area contributed by atoms with E-state index in [1.807, 2.05) is 38.1 Å². The Bertz CT molecular complexity index is 626. The molecule has 5 heteroatoms. The molecule has 0 aliphatic heterocycles. The molecule has 0 aromatic heterocycles. The molecule has 2 aromatic carbocycles. The van der Waals surface area contributed by atoms with E-state index in [9.17, 15) is 14.5 Å². The number of halogens is 1. The quantitative estimate of drug-likeness (QED) is 0.671. The van der Waals surface area contributed by atoms with Crippen LogP contribution in [0.15, 0.2) is 42.5 Å². The van der Waals surface area contributed by atoms with Gasteiger partial charge in [0.1, 0.15) is 5.69 Å². The highest BCUT2D eigenvalue weighted by molar-refractivity contribution is 5.63. The average molecular weight is 274 g/mol. The zero-order valence-corrected chi connectivity index (χ0v) is 11.3. The van der Waals surface area contributed by atoms with Crippen LogP contribution in [0, 0.1) is 22.9 Å². The van der Waals surface area contributed by atoms with Crippen LogP contribution >= 0.6 is 0 Å². The molecule has 0 radical (unpaired) electrons. The summed E-state index contributed by atoms with van der Waals surface area (Å²) in [5, 5.41) is 13.8. The van der Waals surface area contributed by atoms with Gasteiger partial charge in [-0.3, -0.25) is 10.1 Å². The molecule has 1 atom stereocenters. The number of nitrogens with zero attached hydrogens (tertiary/aromatic N) is 1. The first-order chi connectivity index (χ1) is 9.49. The van der Waals surface area contributed by atoms with Crippen molar-refractivity contribution in [3.63, 3.8) is 0 Å². The van der Waals surface area contributed by atoms with E-state index in [0.717, 1.165) is 11.1 Å². The van der Waals surface area contributed by atoms with Crippen LogP contribution in [0.1, 0.15) is 24.1 Å². The second-order valence-corrected chi connectivity index (χ2v) is 4.67. The molecule has 0 aliphatic rings. The summed E-state index contributed by atoms with van der Waals surface area (Å²) in [7, 11) is 0. The van der Waals surface area contributed by atoms with Gasteiger partial charge in [0.2, 0.25) is 0 Å². The molecule has 1 N–H and O–H groups in total. The van der Waals surface area contributed by atoms with Gasteiger partial charge in [0, 0.05) is 12.1 Å². The number of nitro benzene ring substituents is 1. The molecule has 104 valence electrons. The van der Waals surface area contributed by atoms with Crippen molar-refractivity contribution in [1.82, 2.24) is 0 Å². The van der Waals surface area contributed by atoms with Crippen molar-refractivity contribution in [2.45, 2.75) is 19.9 Å². The molecule has 0 amide bonds. The standard InChI is InChI=1S/C15H15FN2O2/c1-10-6-8-12(9-7-10)11(2)17-15-13(16)4-3-5-14(15)18(19)20/h3-9,11,17H,1-2H3. The highest BCUT2D eigenvalue weighted by Crippen LogP contribution is 2.30. The van der Waals surface area contributed by atoms with E-state index >= 15 is 0 Å². The molecule has 4 nitrogen and oxygen atoms in total. The van der Waals surface area contributed by atoms with E-state index in [1.54, 1.807) is 0 Å². The molecule has 2 aromatic rings. The second-order valence-electron chi connectivity index (χ2n) is 4.67. The smallest absolute Gasteiger partial charge is 0.295 e. The topological polar surface area (TPSA) is 55.2 Å². The van der Waals surface area contributed by atoms with Crippen LogP contribution in [0.25, 0.3) is 0 Å². The zero-order chi connectivity index (χ0) is 14.7. The summed E-state index contributed by atoms with van der Waals surface area (Å²) in [4.78, 5) is 10.3. The number of hydrogen-bond acceptors (Lipinski definition) is 3. The highest BCUT2D eigenvalue weighted by Gasteiger charge is 2.19. The molecular weight excluding hydrogens is 259 g/mol. The lowest BCUT2D eigenvalue weighted by atomic mass is 10.1.